The van der Waals surface area contributed by atoms with E-state index in [1.165, 1.54) is 41.8 Å². The molecule has 2 N–H and O–H groups in total. The number of benzene rings is 6. The highest BCUT2D eigenvalue weighted by Gasteiger charge is 2.31. The van der Waals surface area contributed by atoms with Crippen LogP contribution in [0.5, 0.6) is 0 Å². The van der Waals surface area contributed by atoms with Crippen molar-refractivity contribution in [3.05, 3.63) is 212 Å². The highest BCUT2D eigenvalue weighted by atomic mass is 19.1. The number of aryl methyl sites for hydroxylation is 2. The average molecular weight is 889 g/mol. The van der Waals surface area contributed by atoms with Crippen molar-refractivity contribution in [3.8, 4) is 0 Å². The van der Waals surface area contributed by atoms with Crippen LogP contribution in [-0.4, -0.2) is 23.4 Å². The fourth-order valence-corrected chi connectivity index (χ4v) is 8.43. The molecule has 0 aliphatic heterocycles. The summed E-state index contributed by atoms with van der Waals surface area (Å²) in [5.74, 6) is -4.53. The number of nitrogens with one attached hydrogen (secondary N) is 2. The monoisotopic (exact) mass is 888 g/mol. The lowest BCUT2D eigenvalue weighted by atomic mass is 9.72. The summed E-state index contributed by atoms with van der Waals surface area (Å²) in [4.78, 5) is 48.8. The number of rotatable bonds is 8. The van der Waals surface area contributed by atoms with Gasteiger partial charge < -0.3 is 10.6 Å². The molecule has 2 aliphatic carbocycles. The summed E-state index contributed by atoms with van der Waals surface area (Å²) in [7, 11) is 0. The van der Waals surface area contributed by atoms with Crippen molar-refractivity contribution in [1.29, 1.82) is 0 Å². The minimum absolute atomic E-state index is 0. The Morgan fingerprint density at radius 3 is 1.30 bits per heavy atom. The predicted molar refractivity (Wildman–Crippen MR) is 260 cm³/mol. The second kappa shape index (κ2) is 19.1. The topological polar surface area (TPSA) is 92.3 Å². The van der Waals surface area contributed by atoms with Crippen molar-refractivity contribution in [2.75, 3.05) is 10.6 Å². The molecule has 0 saturated heterocycles. The van der Waals surface area contributed by atoms with Gasteiger partial charge in [-0.15, -0.1) is 0 Å². The molecule has 6 aromatic rings. The molecule has 0 aromatic heterocycles. The van der Waals surface area contributed by atoms with Crippen LogP contribution in [0.4, 0.5) is 24.5 Å². The molecule has 0 bridgehead atoms. The molecule has 0 spiro atoms. The fraction of sp³-hybridized carbons (Fsp3) is 0.228. The van der Waals surface area contributed by atoms with Gasteiger partial charge in [-0.05, 0) is 150 Å². The molecule has 338 valence electrons. The molecule has 0 fully saturated rings. The fourth-order valence-electron chi connectivity index (χ4n) is 8.43. The van der Waals surface area contributed by atoms with Crippen molar-refractivity contribution < 1.29 is 32.3 Å². The molecule has 0 radical (unpaired) electrons. The third-order valence-electron chi connectivity index (χ3n) is 12.2. The van der Waals surface area contributed by atoms with Crippen LogP contribution in [0.25, 0.3) is 11.1 Å². The zero-order valence-corrected chi connectivity index (χ0v) is 37.8. The number of fused-ring (bicyclic) bond motifs is 2. The molecule has 66 heavy (non-hydrogen) atoms. The maximum Gasteiger partial charge on any atom is 0.255 e. The lowest BCUT2D eigenvalue weighted by Gasteiger charge is -2.32. The minimum atomic E-state index is -1.01. The van der Waals surface area contributed by atoms with E-state index in [4.69, 9.17) is 0 Å². The van der Waals surface area contributed by atoms with Crippen LogP contribution in [0.1, 0.15) is 148 Å². The summed E-state index contributed by atoms with van der Waals surface area (Å²) in [6, 6.07) is 33.9. The first-order valence-electron chi connectivity index (χ1n) is 21.5. The third-order valence-corrected chi connectivity index (χ3v) is 12.2. The van der Waals surface area contributed by atoms with Gasteiger partial charge in [0.05, 0.1) is 11.1 Å². The Morgan fingerprint density at radius 2 is 0.909 bits per heavy atom. The Hall–Kier alpha value is -7.13. The molecule has 2 aliphatic rings. The normalized spacial score (nSPS) is 14.1. The highest BCUT2D eigenvalue weighted by Crippen LogP contribution is 2.43. The molecule has 6 nitrogen and oxygen atoms in total. The molecule has 6 aromatic carbocycles. The van der Waals surface area contributed by atoms with Gasteiger partial charge in [-0.1, -0.05) is 119 Å². The van der Waals surface area contributed by atoms with Gasteiger partial charge in [0, 0.05) is 22.5 Å². The van der Waals surface area contributed by atoms with Crippen LogP contribution in [0.2, 0.25) is 0 Å². The molecule has 0 atom stereocenters. The summed E-state index contributed by atoms with van der Waals surface area (Å²) in [5.41, 5.74) is 11.5. The summed E-state index contributed by atoms with van der Waals surface area (Å²) in [6.45, 7) is 15.2. The number of amides is 2. The van der Waals surface area contributed by atoms with Crippen LogP contribution >= 0.6 is 0 Å². The van der Waals surface area contributed by atoms with Gasteiger partial charge in [0.25, 0.3) is 11.8 Å². The Balaban J connectivity index is 0.000000215. The molecular weight excluding hydrogens is 834 g/mol. The number of Topliss-reactive ketones (excluding diaryl/α,β-unsaturated/α-hetero) is 2. The minimum Gasteiger partial charge on any atom is -0.322 e. The number of ketones is 2. The summed E-state index contributed by atoms with van der Waals surface area (Å²) < 4.78 is 42.5. The Labute approximate surface area is 385 Å². The summed E-state index contributed by atoms with van der Waals surface area (Å²) in [6.07, 6.45) is 6.22. The number of carbonyl (C=O) groups excluding carboxylic acids is 4. The largest absolute Gasteiger partial charge is 0.322 e. The highest BCUT2D eigenvalue weighted by molar-refractivity contribution is 6.07. The summed E-state index contributed by atoms with van der Waals surface area (Å²) >= 11 is 0. The summed E-state index contributed by atoms with van der Waals surface area (Å²) in [5, 5.41) is 5.29. The van der Waals surface area contributed by atoms with Crippen LogP contribution in [0.3, 0.4) is 0 Å². The molecule has 9 heteroatoms. The predicted octanol–water partition coefficient (Wildman–Crippen LogP) is 14.2. The zero-order valence-electron chi connectivity index (χ0n) is 37.8. The van der Waals surface area contributed by atoms with Crippen molar-refractivity contribution in [2.45, 2.75) is 86.5 Å². The number of allylic oxidation sites excluding steroid dienone is 2. The lowest BCUT2D eigenvalue weighted by molar-refractivity contribution is 0.0998. The molecule has 0 unspecified atom stereocenters. The first-order valence-corrected chi connectivity index (χ1v) is 21.5. The van der Waals surface area contributed by atoms with E-state index >= 15 is 0 Å². The van der Waals surface area contributed by atoms with E-state index in [1.54, 1.807) is 6.07 Å². The van der Waals surface area contributed by atoms with Gasteiger partial charge in [-0.3, -0.25) is 19.2 Å². The van der Waals surface area contributed by atoms with Crippen molar-refractivity contribution in [1.82, 2.24) is 0 Å². The van der Waals surface area contributed by atoms with Crippen LogP contribution < -0.4 is 10.6 Å². The first-order chi connectivity index (χ1) is 30.7. The van der Waals surface area contributed by atoms with Crippen LogP contribution in [0.15, 0.2) is 127 Å². The van der Waals surface area contributed by atoms with E-state index in [0.717, 1.165) is 70.9 Å². The standard InChI is InChI=1S/C28H25F2NO2.C28H26FNO2.CH4/c1-16-5-7-18(8-6-16)21-11-12-28(3,4)23-10-9-19(13-22(21)23)27(33)31-20-14-24(29)26(17(2)32)25(30)15-20;1-17-5-7-19(8-6-17)23-13-14-28(3,4)25-12-9-20(15-24(23)25)27(32)30-21-10-11-22(18(2)31)26(29)16-21;/h5-11,13-15H,12H2,1-4H3,(H,31,33);5-13,15-16H,14H2,1-4H3,(H,30,32);1H4. The van der Waals surface area contributed by atoms with E-state index in [-0.39, 0.29) is 41.2 Å². The van der Waals surface area contributed by atoms with E-state index < -0.39 is 34.7 Å². The quantitative estimate of drug-likeness (QED) is 0.149. The lowest BCUT2D eigenvalue weighted by Crippen LogP contribution is -2.23. The van der Waals surface area contributed by atoms with E-state index in [1.807, 2.05) is 37.3 Å². The van der Waals surface area contributed by atoms with Gasteiger partial charge in [0.1, 0.15) is 17.5 Å². The van der Waals surface area contributed by atoms with Gasteiger partial charge in [-0.2, -0.15) is 0 Å². The molecule has 0 heterocycles. The number of anilines is 2. The number of hydrogen-bond donors (Lipinski definition) is 2. The number of hydrogen-bond acceptors (Lipinski definition) is 4. The van der Waals surface area contributed by atoms with Gasteiger partial charge in [-0.25, -0.2) is 13.2 Å². The molecule has 8 rings (SSSR count). The maximum absolute atomic E-state index is 14.2. The third kappa shape index (κ3) is 10.2. The SMILES string of the molecule is C.CC(=O)c1c(F)cc(NC(=O)c2ccc3c(c2)C(c2ccc(C)cc2)=CCC3(C)C)cc1F.CC(=O)c1ccc(NC(=O)c2ccc3c(c2)C(c2ccc(C)cc2)=CCC3(C)C)cc1F. The van der Waals surface area contributed by atoms with E-state index in [9.17, 15) is 32.3 Å². The second-order valence-corrected chi connectivity index (χ2v) is 18.2. The number of halogens is 3. The van der Waals surface area contributed by atoms with Crippen molar-refractivity contribution >= 4 is 45.9 Å². The van der Waals surface area contributed by atoms with Crippen LogP contribution in [0, 0.1) is 31.3 Å². The van der Waals surface area contributed by atoms with E-state index in [0.29, 0.717) is 16.8 Å². The smallest absolute Gasteiger partial charge is 0.255 e. The van der Waals surface area contributed by atoms with Gasteiger partial charge >= 0.3 is 0 Å². The Kier molecular flexibility index (Phi) is 14.0. The Bertz CT molecular complexity index is 2940. The zero-order chi connectivity index (χ0) is 47.0. The molecule has 0 saturated carbocycles. The van der Waals surface area contributed by atoms with Gasteiger partial charge in [0.15, 0.2) is 11.6 Å². The number of carbonyl (C=O) groups is 4. The van der Waals surface area contributed by atoms with Crippen LogP contribution in [-0.2, 0) is 10.8 Å². The Morgan fingerprint density at radius 1 is 0.500 bits per heavy atom. The van der Waals surface area contributed by atoms with Crippen molar-refractivity contribution in [2.24, 2.45) is 0 Å². The maximum atomic E-state index is 14.2. The van der Waals surface area contributed by atoms with Gasteiger partial charge in [0.2, 0.25) is 0 Å². The van der Waals surface area contributed by atoms with E-state index in [2.05, 4.69) is 106 Å². The average Bonchev–Trinajstić information content (AvgIpc) is 3.24. The second-order valence-electron chi connectivity index (χ2n) is 18.2. The van der Waals surface area contributed by atoms with Crippen molar-refractivity contribution in [3.63, 3.8) is 0 Å². The molecule has 2 amide bonds. The molecular formula is C57H55F3N2O4. The first kappa shape index (κ1) is 48.3.